The molecule has 0 aromatic heterocycles. The van der Waals surface area contributed by atoms with Crippen molar-refractivity contribution in [2.24, 2.45) is 5.92 Å². The van der Waals surface area contributed by atoms with E-state index in [1.165, 1.54) is 0 Å². The molecule has 0 heterocycles. The van der Waals surface area contributed by atoms with Crippen molar-refractivity contribution >= 4 is 12.1 Å². The van der Waals surface area contributed by atoms with E-state index in [-0.39, 0.29) is 6.29 Å². The number of carbonyl (C=O) groups is 2. The molecular formula is C8H14O6. The lowest BCUT2D eigenvalue weighted by molar-refractivity contribution is -0.139. The van der Waals surface area contributed by atoms with E-state index >= 15 is 0 Å². The average Bonchev–Trinajstić information content (AvgIpc) is 2.15. The molecule has 0 aliphatic carbocycles. The van der Waals surface area contributed by atoms with Crippen molar-refractivity contribution < 1.29 is 30.0 Å². The van der Waals surface area contributed by atoms with E-state index in [0.717, 1.165) is 6.92 Å². The van der Waals surface area contributed by atoms with Crippen molar-refractivity contribution in [3.63, 3.8) is 0 Å². The smallest absolute Gasteiger partial charge is 0.142 e. The minimum atomic E-state index is -1.72. The molecule has 0 aliphatic rings. The molecule has 0 rings (SSSR count). The van der Waals surface area contributed by atoms with Gasteiger partial charge in [0.15, 0.2) is 0 Å². The topological polar surface area (TPSA) is 115 Å². The summed E-state index contributed by atoms with van der Waals surface area (Å²) < 4.78 is 0. The summed E-state index contributed by atoms with van der Waals surface area (Å²) in [6.45, 7) is 0.321. The molecule has 0 radical (unpaired) electrons. The van der Waals surface area contributed by atoms with Gasteiger partial charge in [0, 0.05) is 0 Å². The van der Waals surface area contributed by atoms with Crippen LogP contribution >= 0.6 is 0 Å². The van der Waals surface area contributed by atoms with Crippen LogP contribution in [0.15, 0.2) is 0 Å². The van der Waals surface area contributed by atoms with Gasteiger partial charge in [0.1, 0.15) is 30.2 Å². The highest BCUT2D eigenvalue weighted by atomic mass is 16.4. The maximum atomic E-state index is 10.8. The second-order valence-electron chi connectivity index (χ2n) is 3.00. The van der Waals surface area contributed by atoms with Crippen molar-refractivity contribution in [3.05, 3.63) is 0 Å². The van der Waals surface area contributed by atoms with Crippen molar-refractivity contribution in [3.8, 4) is 0 Å². The Hall–Kier alpha value is -0.820. The number of Topliss-reactive ketones (excluding diaryl/α,β-unsaturated/α-hetero) is 1. The molecule has 0 amide bonds. The van der Waals surface area contributed by atoms with E-state index in [2.05, 4.69) is 0 Å². The predicted molar refractivity (Wildman–Crippen MR) is 45.3 cm³/mol. The quantitative estimate of drug-likeness (QED) is 0.281. The van der Waals surface area contributed by atoms with Crippen LogP contribution in [0, 0.1) is 5.92 Å². The minimum Gasteiger partial charge on any atom is -0.394 e. The molecule has 4 N–H and O–H groups in total. The number of aldehydes is 1. The summed E-state index contributed by atoms with van der Waals surface area (Å²) in [4.78, 5) is 21.2. The number of aliphatic hydroxyl groups excluding tert-OH is 4. The molecule has 0 saturated carbocycles. The fraction of sp³-hybridized carbons (Fsp3) is 0.750. The van der Waals surface area contributed by atoms with Gasteiger partial charge in [0.25, 0.3) is 0 Å². The summed E-state index contributed by atoms with van der Waals surface area (Å²) in [5.74, 6) is -2.00. The fourth-order valence-electron chi connectivity index (χ4n) is 0.965. The number of aliphatic hydroxyl groups is 4. The molecule has 0 unspecified atom stereocenters. The van der Waals surface area contributed by atoms with Gasteiger partial charge >= 0.3 is 0 Å². The van der Waals surface area contributed by atoms with Gasteiger partial charge in [-0.05, 0) is 6.92 Å². The van der Waals surface area contributed by atoms with Crippen LogP contribution in [0.2, 0.25) is 0 Å². The summed E-state index contributed by atoms with van der Waals surface area (Å²) in [6, 6.07) is 0. The maximum Gasteiger partial charge on any atom is 0.142 e. The second kappa shape index (κ2) is 5.82. The standard InChI is InChI=1S/C8H14O6/c1-4(11)5(2-9)7(13)8(14)6(12)3-10/h2,5-8,10,12-14H,3H2,1H3/t5-,6-,7-,8+/m1/s1. The van der Waals surface area contributed by atoms with E-state index < -0.39 is 36.6 Å². The van der Waals surface area contributed by atoms with Gasteiger partial charge in [-0.3, -0.25) is 4.79 Å². The third kappa shape index (κ3) is 3.15. The summed E-state index contributed by atoms with van der Waals surface area (Å²) in [6.07, 6.45) is -4.81. The normalized spacial score (nSPS) is 19.5. The highest BCUT2D eigenvalue weighted by Crippen LogP contribution is 2.10. The molecule has 0 aliphatic heterocycles. The lowest BCUT2D eigenvalue weighted by atomic mass is 9.93. The predicted octanol–water partition coefficient (Wildman–Crippen LogP) is -2.53. The van der Waals surface area contributed by atoms with Crippen LogP contribution in [0.1, 0.15) is 6.92 Å². The van der Waals surface area contributed by atoms with Crippen LogP contribution < -0.4 is 0 Å². The molecule has 4 atom stereocenters. The zero-order valence-corrected chi connectivity index (χ0v) is 7.70. The number of rotatable bonds is 6. The Kier molecular flexibility index (Phi) is 5.47. The lowest BCUT2D eigenvalue weighted by Crippen LogP contribution is -2.45. The van der Waals surface area contributed by atoms with Crippen molar-refractivity contribution in [1.29, 1.82) is 0 Å². The third-order valence-electron chi connectivity index (χ3n) is 1.92. The van der Waals surface area contributed by atoms with Gasteiger partial charge in [0.2, 0.25) is 0 Å². The van der Waals surface area contributed by atoms with E-state index in [1.807, 2.05) is 0 Å². The van der Waals surface area contributed by atoms with Gasteiger partial charge in [-0.15, -0.1) is 0 Å². The Labute approximate surface area is 80.8 Å². The molecule has 6 nitrogen and oxygen atoms in total. The van der Waals surface area contributed by atoms with Gasteiger partial charge < -0.3 is 25.2 Å². The van der Waals surface area contributed by atoms with Gasteiger partial charge in [-0.2, -0.15) is 0 Å². The van der Waals surface area contributed by atoms with Crippen LogP contribution in [-0.4, -0.2) is 57.4 Å². The highest BCUT2D eigenvalue weighted by Gasteiger charge is 2.33. The number of hydrogen-bond donors (Lipinski definition) is 4. The number of hydrogen-bond acceptors (Lipinski definition) is 6. The lowest BCUT2D eigenvalue weighted by Gasteiger charge is -2.24. The van der Waals surface area contributed by atoms with Crippen molar-refractivity contribution in [1.82, 2.24) is 0 Å². The second-order valence-corrected chi connectivity index (χ2v) is 3.00. The van der Waals surface area contributed by atoms with Crippen LogP contribution in [0.25, 0.3) is 0 Å². The van der Waals surface area contributed by atoms with Crippen LogP contribution in [-0.2, 0) is 9.59 Å². The zero-order valence-electron chi connectivity index (χ0n) is 7.70. The summed E-state index contributed by atoms with van der Waals surface area (Å²) >= 11 is 0. The largest absolute Gasteiger partial charge is 0.394 e. The molecule has 6 heteroatoms. The highest BCUT2D eigenvalue weighted by molar-refractivity contribution is 5.92. The molecule has 82 valence electrons. The van der Waals surface area contributed by atoms with Crippen molar-refractivity contribution in [2.45, 2.75) is 25.2 Å². The van der Waals surface area contributed by atoms with E-state index in [4.69, 9.17) is 15.3 Å². The van der Waals surface area contributed by atoms with E-state index in [1.54, 1.807) is 0 Å². The molecule has 0 spiro atoms. The first kappa shape index (κ1) is 13.2. The third-order valence-corrected chi connectivity index (χ3v) is 1.92. The van der Waals surface area contributed by atoms with Crippen LogP contribution in [0.4, 0.5) is 0 Å². The fourth-order valence-corrected chi connectivity index (χ4v) is 0.965. The summed E-state index contributed by atoms with van der Waals surface area (Å²) in [5, 5.41) is 35.8. The molecule has 0 saturated heterocycles. The van der Waals surface area contributed by atoms with E-state index in [9.17, 15) is 14.7 Å². The Morgan fingerprint density at radius 3 is 2.07 bits per heavy atom. The van der Waals surface area contributed by atoms with Crippen LogP contribution in [0.5, 0.6) is 0 Å². The Balaban J connectivity index is 4.48. The van der Waals surface area contributed by atoms with E-state index in [0.29, 0.717) is 0 Å². The van der Waals surface area contributed by atoms with Crippen molar-refractivity contribution in [2.75, 3.05) is 6.61 Å². The molecule has 0 bridgehead atoms. The first-order valence-electron chi connectivity index (χ1n) is 4.06. The monoisotopic (exact) mass is 206 g/mol. The van der Waals surface area contributed by atoms with Gasteiger partial charge in [-0.1, -0.05) is 0 Å². The van der Waals surface area contributed by atoms with Gasteiger partial charge in [-0.25, -0.2) is 0 Å². The maximum absolute atomic E-state index is 10.8. The summed E-state index contributed by atoms with van der Waals surface area (Å²) in [5.41, 5.74) is 0. The molecular weight excluding hydrogens is 192 g/mol. The Morgan fingerprint density at radius 2 is 1.79 bits per heavy atom. The minimum absolute atomic E-state index is 0.195. The van der Waals surface area contributed by atoms with Crippen LogP contribution in [0.3, 0.4) is 0 Å². The molecule has 0 aromatic carbocycles. The molecule has 0 aromatic rings. The summed E-state index contributed by atoms with van der Waals surface area (Å²) in [7, 11) is 0. The first-order chi connectivity index (χ1) is 6.45. The first-order valence-corrected chi connectivity index (χ1v) is 4.06. The molecule has 0 fully saturated rings. The average molecular weight is 206 g/mol. The Morgan fingerprint density at radius 1 is 1.29 bits per heavy atom. The van der Waals surface area contributed by atoms with Gasteiger partial charge in [0.05, 0.1) is 12.7 Å². The number of ketones is 1. The SMILES string of the molecule is CC(=O)[C@@H](C=O)[C@@H](O)[C@@H](O)[C@H](O)CO. The molecule has 14 heavy (non-hydrogen) atoms. The zero-order chi connectivity index (χ0) is 11.3. The number of carbonyl (C=O) groups excluding carboxylic acids is 2. The Bertz CT molecular complexity index is 204.